The highest BCUT2D eigenvalue weighted by Gasteiger charge is 2.53. The SMILES string of the molecule is C[C@@H](CC(=O)O)[C@@](C)(O)C(F)(F)F. The van der Waals surface area contributed by atoms with Crippen LogP contribution in [0.15, 0.2) is 0 Å². The summed E-state index contributed by atoms with van der Waals surface area (Å²) >= 11 is 0. The Balaban J connectivity index is 4.54. The van der Waals surface area contributed by atoms with Crippen molar-refractivity contribution in [3.05, 3.63) is 0 Å². The van der Waals surface area contributed by atoms with Gasteiger partial charge in [0.05, 0.1) is 6.42 Å². The second kappa shape index (κ2) is 3.53. The van der Waals surface area contributed by atoms with Crippen molar-refractivity contribution in [1.82, 2.24) is 0 Å². The van der Waals surface area contributed by atoms with Gasteiger partial charge in [0.25, 0.3) is 0 Å². The number of alkyl halides is 3. The molecule has 0 saturated carbocycles. The van der Waals surface area contributed by atoms with Gasteiger partial charge in [-0.2, -0.15) is 13.2 Å². The van der Waals surface area contributed by atoms with E-state index < -0.39 is 30.1 Å². The lowest BCUT2D eigenvalue weighted by molar-refractivity contribution is -0.270. The minimum Gasteiger partial charge on any atom is -0.481 e. The number of carbonyl (C=O) groups is 1. The highest BCUT2D eigenvalue weighted by atomic mass is 19.4. The van der Waals surface area contributed by atoms with Gasteiger partial charge in [-0.15, -0.1) is 0 Å². The highest BCUT2D eigenvalue weighted by molar-refractivity contribution is 5.67. The van der Waals surface area contributed by atoms with Crippen LogP contribution in [0, 0.1) is 5.92 Å². The molecule has 0 amide bonds. The third kappa shape index (κ3) is 2.87. The molecule has 0 fully saturated rings. The second-order valence-corrected chi connectivity index (χ2v) is 3.14. The zero-order valence-electron chi connectivity index (χ0n) is 7.22. The molecule has 13 heavy (non-hydrogen) atoms. The van der Waals surface area contributed by atoms with E-state index in [1.165, 1.54) is 0 Å². The molecular weight excluding hydrogens is 189 g/mol. The number of carboxylic acid groups (broad SMARTS) is 1. The van der Waals surface area contributed by atoms with Crippen molar-refractivity contribution in [1.29, 1.82) is 0 Å². The number of carboxylic acids is 1. The van der Waals surface area contributed by atoms with E-state index >= 15 is 0 Å². The Labute approximate surface area is 73.2 Å². The largest absolute Gasteiger partial charge is 0.481 e. The van der Waals surface area contributed by atoms with E-state index in [0.29, 0.717) is 6.92 Å². The summed E-state index contributed by atoms with van der Waals surface area (Å²) in [5.74, 6) is -2.73. The fraction of sp³-hybridized carbons (Fsp3) is 0.857. The Morgan fingerprint density at radius 2 is 1.85 bits per heavy atom. The van der Waals surface area contributed by atoms with Crippen LogP contribution in [0.3, 0.4) is 0 Å². The fourth-order valence-corrected chi connectivity index (χ4v) is 0.740. The molecule has 0 aromatic heterocycles. The standard InChI is InChI=1S/C7H11F3O3/c1-4(3-5(11)12)6(2,13)7(8,9)10/h4,13H,3H2,1-2H3,(H,11,12)/t4-,6+/m0/s1. The maximum Gasteiger partial charge on any atom is 0.417 e. The molecule has 0 spiro atoms. The second-order valence-electron chi connectivity index (χ2n) is 3.14. The molecule has 2 atom stereocenters. The third-order valence-electron chi connectivity index (χ3n) is 2.01. The van der Waals surface area contributed by atoms with Crippen LogP contribution >= 0.6 is 0 Å². The average Bonchev–Trinajstić information content (AvgIpc) is 1.82. The molecule has 0 unspecified atom stereocenters. The van der Waals surface area contributed by atoms with E-state index in [9.17, 15) is 18.0 Å². The molecule has 2 N–H and O–H groups in total. The molecule has 0 radical (unpaired) electrons. The first kappa shape index (κ1) is 12.2. The van der Waals surface area contributed by atoms with E-state index in [4.69, 9.17) is 10.2 Å². The van der Waals surface area contributed by atoms with Crippen LogP contribution in [-0.2, 0) is 4.79 Å². The summed E-state index contributed by atoms with van der Waals surface area (Å²) in [7, 11) is 0. The molecule has 0 aromatic rings. The first-order chi connectivity index (χ1) is 5.59. The maximum absolute atomic E-state index is 12.1. The molecular formula is C7H11F3O3. The lowest BCUT2D eigenvalue weighted by Crippen LogP contribution is -2.48. The van der Waals surface area contributed by atoms with Crippen LogP contribution < -0.4 is 0 Å². The predicted molar refractivity (Wildman–Crippen MR) is 38.1 cm³/mol. The minimum atomic E-state index is -4.80. The maximum atomic E-state index is 12.1. The summed E-state index contributed by atoms with van der Waals surface area (Å²) in [6, 6.07) is 0. The van der Waals surface area contributed by atoms with Crippen LogP contribution in [0.2, 0.25) is 0 Å². The zero-order valence-corrected chi connectivity index (χ0v) is 7.22. The molecule has 3 nitrogen and oxygen atoms in total. The molecule has 78 valence electrons. The van der Waals surface area contributed by atoms with Gasteiger partial charge in [-0.3, -0.25) is 4.79 Å². The van der Waals surface area contributed by atoms with E-state index in [1.54, 1.807) is 0 Å². The monoisotopic (exact) mass is 200 g/mol. The van der Waals surface area contributed by atoms with E-state index in [1.807, 2.05) is 0 Å². The zero-order chi connectivity index (χ0) is 10.9. The Kier molecular flexibility index (Phi) is 3.32. The summed E-state index contributed by atoms with van der Waals surface area (Å²) in [5, 5.41) is 17.2. The van der Waals surface area contributed by atoms with Crippen LogP contribution in [0.25, 0.3) is 0 Å². The van der Waals surface area contributed by atoms with E-state index in [-0.39, 0.29) is 0 Å². The Bertz CT molecular complexity index is 198. The molecule has 0 aliphatic rings. The van der Waals surface area contributed by atoms with Crippen LogP contribution in [0.5, 0.6) is 0 Å². The van der Waals surface area contributed by atoms with Gasteiger partial charge >= 0.3 is 12.1 Å². The predicted octanol–water partition coefficient (Wildman–Crippen LogP) is 1.41. The van der Waals surface area contributed by atoms with Gasteiger partial charge in [-0.25, -0.2) is 0 Å². The Morgan fingerprint density at radius 3 is 2.08 bits per heavy atom. The molecule has 0 heterocycles. The van der Waals surface area contributed by atoms with Crippen molar-refractivity contribution in [3.63, 3.8) is 0 Å². The normalized spacial score (nSPS) is 19.2. The van der Waals surface area contributed by atoms with Crippen molar-refractivity contribution >= 4 is 5.97 Å². The first-order valence-corrected chi connectivity index (χ1v) is 3.60. The van der Waals surface area contributed by atoms with Gasteiger partial charge in [0.1, 0.15) is 0 Å². The van der Waals surface area contributed by atoms with E-state index in [0.717, 1.165) is 6.92 Å². The van der Waals surface area contributed by atoms with Gasteiger partial charge in [-0.05, 0) is 6.92 Å². The summed E-state index contributed by atoms with van der Waals surface area (Å²) in [6.45, 7) is 1.61. The van der Waals surface area contributed by atoms with Gasteiger partial charge in [0.2, 0.25) is 0 Å². The van der Waals surface area contributed by atoms with Crippen molar-refractivity contribution in [2.75, 3.05) is 0 Å². The first-order valence-electron chi connectivity index (χ1n) is 3.60. The molecule has 0 saturated heterocycles. The topological polar surface area (TPSA) is 57.5 Å². The molecule has 0 aliphatic carbocycles. The van der Waals surface area contributed by atoms with Crippen LogP contribution in [-0.4, -0.2) is 28.0 Å². The number of hydrogen-bond donors (Lipinski definition) is 2. The number of aliphatic hydroxyl groups is 1. The van der Waals surface area contributed by atoms with Crippen molar-refractivity contribution < 1.29 is 28.2 Å². The van der Waals surface area contributed by atoms with Crippen molar-refractivity contribution in [2.24, 2.45) is 5.92 Å². The number of rotatable bonds is 3. The molecule has 0 bridgehead atoms. The average molecular weight is 200 g/mol. The number of halogens is 3. The third-order valence-corrected chi connectivity index (χ3v) is 2.01. The Hall–Kier alpha value is -0.780. The smallest absolute Gasteiger partial charge is 0.417 e. The number of aliphatic carboxylic acids is 1. The van der Waals surface area contributed by atoms with Gasteiger partial charge < -0.3 is 10.2 Å². The lowest BCUT2D eigenvalue weighted by Gasteiger charge is -2.31. The van der Waals surface area contributed by atoms with Gasteiger partial charge in [0.15, 0.2) is 5.60 Å². The minimum absolute atomic E-state index is 0.570. The molecule has 0 aromatic carbocycles. The summed E-state index contributed by atoms with van der Waals surface area (Å²) in [6.07, 6.45) is -5.52. The Morgan fingerprint density at radius 1 is 1.46 bits per heavy atom. The quantitative estimate of drug-likeness (QED) is 0.724. The van der Waals surface area contributed by atoms with Gasteiger partial charge in [-0.1, -0.05) is 6.92 Å². The van der Waals surface area contributed by atoms with Crippen molar-refractivity contribution in [3.8, 4) is 0 Å². The molecule has 0 rings (SSSR count). The fourth-order valence-electron chi connectivity index (χ4n) is 0.740. The lowest BCUT2D eigenvalue weighted by atomic mass is 9.87. The number of hydrogen-bond acceptors (Lipinski definition) is 2. The molecule has 6 heteroatoms. The van der Waals surface area contributed by atoms with Crippen LogP contribution in [0.4, 0.5) is 13.2 Å². The summed E-state index contributed by atoms with van der Waals surface area (Å²) in [4.78, 5) is 10.1. The summed E-state index contributed by atoms with van der Waals surface area (Å²) in [5.41, 5.74) is -2.95. The van der Waals surface area contributed by atoms with Crippen LogP contribution in [0.1, 0.15) is 20.3 Å². The van der Waals surface area contributed by atoms with E-state index in [2.05, 4.69) is 0 Å². The molecule has 0 aliphatic heterocycles. The highest BCUT2D eigenvalue weighted by Crippen LogP contribution is 2.37. The van der Waals surface area contributed by atoms with Gasteiger partial charge in [0, 0.05) is 5.92 Å². The van der Waals surface area contributed by atoms with Crippen molar-refractivity contribution in [2.45, 2.75) is 32.0 Å². The summed E-state index contributed by atoms with van der Waals surface area (Å²) < 4.78 is 36.3.